The van der Waals surface area contributed by atoms with Gasteiger partial charge >= 0.3 is 5.97 Å². The third kappa shape index (κ3) is 5.20. The van der Waals surface area contributed by atoms with E-state index in [9.17, 15) is 9.59 Å². The lowest BCUT2D eigenvalue weighted by Gasteiger charge is -2.27. The van der Waals surface area contributed by atoms with Crippen LogP contribution < -0.4 is 0 Å². The highest BCUT2D eigenvalue weighted by Gasteiger charge is 2.20. The lowest BCUT2D eigenvalue weighted by atomic mass is 10.1. The molecule has 4 heteroatoms. The fourth-order valence-electron chi connectivity index (χ4n) is 2.42. The van der Waals surface area contributed by atoms with Crippen LogP contribution in [0.4, 0.5) is 0 Å². The van der Waals surface area contributed by atoms with Crippen molar-refractivity contribution in [3.05, 3.63) is 0 Å². The number of carbonyl (C=O) groups excluding carboxylic acids is 1. The Balaban J connectivity index is 2.31. The number of rotatable bonds is 5. The molecule has 0 heterocycles. The standard InChI is InChI=1S/C13H23NO3/c1-14(11-7-4-2-3-5-8-11)12(15)9-6-10-13(16)17/h11H,2-10H2,1H3,(H,16,17). The van der Waals surface area contributed by atoms with Crippen LogP contribution in [-0.4, -0.2) is 35.0 Å². The molecule has 4 nitrogen and oxygen atoms in total. The molecule has 0 aromatic rings. The monoisotopic (exact) mass is 241 g/mol. The number of carboxylic acids is 1. The van der Waals surface area contributed by atoms with Crippen molar-refractivity contribution in [1.82, 2.24) is 4.90 Å². The largest absolute Gasteiger partial charge is 0.481 e. The molecule has 1 rings (SSSR count). The zero-order valence-electron chi connectivity index (χ0n) is 10.7. The molecular weight excluding hydrogens is 218 g/mol. The molecule has 1 aliphatic rings. The second kappa shape index (κ2) is 7.30. The van der Waals surface area contributed by atoms with Crippen molar-refractivity contribution in [2.24, 2.45) is 0 Å². The Morgan fingerprint density at radius 1 is 1.12 bits per heavy atom. The van der Waals surface area contributed by atoms with Gasteiger partial charge in [-0.25, -0.2) is 0 Å². The molecule has 17 heavy (non-hydrogen) atoms. The first-order chi connectivity index (χ1) is 8.11. The Morgan fingerprint density at radius 2 is 1.71 bits per heavy atom. The molecule has 0 radical (unpaired) electrons. The van der Waals surface area contributed by atoms with Gasteiger partial charge in [-0.05, 0) is 19.3 Å². The molecule has 0 atom stereocenters. The molecule has 0 bridgehead atoms. The van der Waals surface area contributed by atoms with E-state index in [1.54, 1.807) is 0 Å². The van der Waals surface area contributed by atoms with E-state index in [0.29, 0.717) is 18.9 Å². The van der Waals surface area contributed by atoms with Crippen LogP contribution in [0.3, 0.4) is 0 Å². The van der Waals surface area contributed by atoms with E-state index >= 15 is 0 Å². The van der Waals surface area contributed by atoms with Gasteiger partial charge in [-0.15, -0.1) is 0 Å². The molecule has 1 saturated carbocycles. The summed E-state index contributed by atoms with van der Waals surface area (Å²) in [5.74, 6) is -0.729. The fraction of sp³-hybridized carbons (Fsp3) is 0.846. The molecule has 0 unspecified atom stereocenters. The van der Waals surface area contributed by atoms with Crippen molar-refractivity contribution >= 4 is 11.9 Å². The number of aliphatic carboxylic acids is 1. The van der Waals surface area contributed by atoms with E-state index < -0.39 is 5.97 Å². The molecule has 0 aromatic heterocycles. The van der Waals surface area contributed by atoms with Gasteiger partial charge in [0, 0.05) is 25.9 Å². The van der Waals surface area contributed by atoms with Crippen molar-refractivity contribution in [2.45, 2.75) is 63.8 Å². The first kappa shape index (κ1) is 14.0. The maximum atomic E-state index is 11.9. The van der Waals surface area contributed by atoms with Crippen molar-refractivity contribution in [3.63, 3.8) is 0 Å². The van der Waals surface area contributed by atoms with Gasteiger partial charge in [0.15, 0.2) is 0 Å². The highest BCUT2D eigenvalue weighted by atomic mass is 16.4. The first-order valence-electron chi connectivity index (χ1n) is 6.58. The van der Waals surface area contributed by atoms with E-state index in [4.69, 9.17) is 5.11 Å². The Labute approximate surface area is 103 Å². The minimum Gasteiger partial charge on any atom is -0.481 e. The number of hydrogen-bond acceptors (Lipinski definition) is 2. The predicted octanol–water partition coefficient (Wildman–Crippen LogP) is 2.42. The Kier molecular flexibility index (Phi) is 6.01. The average molecular weight is 241 g/mol. The van der Waals surface area contributed by atoms with Crippen LogP contribution >= 0.6 is 0 Å². The summed E-state index contributed by atoms with van der Waals surface area (Å²) in [7, 11) is 1.86. The minimum absolute atomic E-state index is 0.0875. The van der Waals surface area contributed by atoms with E-state index in [1.807, 2.05) is 11.9 Å². The molecule has 1 aliphatic carbocycles. The lowest BCUT2D eigenvalue weighted by molar-refractivity contribution is -0.137. The van der Waals surface area contributed by atoms with E-state index in [2.05, 4.69) is 0 Å². The van der Waals surface area contributed by atoms with Crippen molar-refractivity contribution < 1.29 is 14.7 Å². The minimum atomic E-state index is -0.824. The summed E-state index contributed by atoms with van der Waals surface area (Å²) < 4.78 is 0. The molecule has 98 valence electrons. The second-order valence-corrected chi connectivity index (χ2v) is 4.90. The highest BCUT2D eigenvalue weighted by Crippen LogP contribution is 2.21. The van der Waals surface area contributed by atoms with Crippen LogP contribution in [0.15, 0.2) is 0 Å². The Bertz CT molecular complexity index is 257. The van der Waals surface area contributed by atoms with Crippen molar-refractivity contribution in [2.75, 3.05) is 7.05 Å². The smallest absolute Gasteiger partial charge is 0.303 e. The maximum absolute atomic E-state index is 11.9. The number of carbonyl (C=O) groups is 2. The SMILES string of the molecule is CN(C(=O)CCCC(=O)O)C1CCCCCC1. The van der Waals surface area contributed by atoms with Crippen LogP contribution in [0.5, 0.6) is 0 Å². The van der Waals surface area contributed by atoms with Crippen LogP contribution in [0, 0.1) is 0 Å². The second-order valence-electron chi connectivity index (χ2n) is 4.90. The van der Waals surface area contributed by atoms with Gasteiger partial charge in [0.1, 0.15) is 0 Å². The Hall–Kier alpha value is -1.06. The molecule has 0 saturated heterocycles. The summed E-state index contributed by atoms with van der Waals surface area (Å²) in [5, 5.41) is 8.53. The number of nitrogens with zero attached hydrogens (tertiary/aromatic N) is 1. The molecule has 0 aromatic carbocycles. The van der Waals surface area contributed by atoms with Gasteiger partial charge in [0.2, 0.25) is 5.91 Å². The average Bonchev–Trinajstić information content (AvgIpc) is 2.55. The summed E-state index contributed by atoms with van der Waals surface area (Å²) in [4.78, 5) is 24.1. The normalized spacial score (nSPS) is 17.5. The Morgan fingerprint density at radius 3 is 2.24 bits per heavy atom. The van der Waals surface area contributed by atoms with Gasteiger partial charge in [-0.3, -0.25) is 9.59 Å². The molecule has 0 spiro atoms. The molecule has 1 amide bonds. The third-order valence-electron chi connectivity index (χ3n) is 3.55. The topological polar surface area (TPSA) is 57.6 Å². The van der Waals surface area contributed by atoms with Crippen molar-refractivity contribution in [3.8, 4) is 0 Å². The molecule has 0 aliphatic heterocycles. The lowest BCUT2D eigenvalue weighted by Crippen LogP contribution is -2.36. The highest BCUT2D eigenvalue weighted by molar-refractivity contribution is 5.77. The maximum Gasteiger partial charge on any atom is 0.303 e. The summed E-state index contributed by atoms with van der Waals surface area (Å²) in [6, 6.07) is 0.370. The quantitative estimate of drug-likeness (QED) is 0.752. The van der Waals surface area contributed by atoms with Gasteiger partial charge in [0.05, 0.1) is 0 Å². The zero-order valence-corrected chi connectivity index (χ0v) is 10.7. The van der Waals surface area contributed by atoms with Gasteiger partial charge in [-0.2, -0.15) is 0 Å². The summed E-state index contributed by atoms with van der Waals surface area (Å²) in [6.45, 7) is 0. The van der Waals surface area contributed by atoms with E-state index in [1.165, 1.54) is 25.7 Å². The van der Waals surface area contributed by atoms with Crippen molar-refractivity contribution in [1.29, 1.82) is 0 Å². The zero-order chi connectivity index (χ0) is 12.7. The number of amides is 1. The van der Waals surface area contributed by atoms with Crippen LogP contribution in [0.2, 0.25) is 0 Å². The van der Waals surface area contributed by atoms with Crippen LogP contribution in [-0.2, 0) is 9.59 Å². The molecule has 1 N–H and O–H groups in total. The molecule has 1 fully saturated rings. The predicted molar refractivity (Wildman–Crippen MR) is 65.7 cm³/mol. The summed E-state index contributed by atoms with van der Waals surface area (Å²) in [5.41, 5.74) is 0. The van der Waals surface area contributed by atoms with Crippen LogP contribution in [0.25, 0.3) is 0 Å². The first-order valence-corrected chi connectivity index (χ1v) is 6.58. The van der Waals surface area contributed by atoms with Crippen LogP contribution in [0.1, 0.15) is 57.8 Å². The van der Waals surface area contributed by atoms with Gasteiger partial charge in [0.25, 0.3) is 0 Å². The number of hydrogen-bond donors (Lipinski definition) is 1. The van der Waals surface area contributed by atoms with Gasteiger partial charge in [-0.1, -0.05) is 25.7 Å². The fourth-order valence-corrected chi connectivity index (χ4v) is 2.42. The van der Waals surface area contributed by atoms with Gasteiger partial charge < -0.3 is 10.0 Å². The van der Waals surface area contributed by atoms with E-state index in [0.717, 1.165) is 12.8 Å². The molecular formula is C13H23NO3. The summed E-state index contributed by atoms with van der Waals surface area (Å²) in [6.07, 6.45) is 8.06. The number of carboxylic acid groups (broad SMARTS) is 1. The van der Waals surface area contributed by atoms with E-state index in [-0.39, 0.29) is 12.3 Å². The summed E-state index contributed by atoms with van der Waals surface area (Å²) >= 11 is 0. The third-order valence-corrected chi connectivity index (χ3v) is 3.55.